The SMILES string of the molecule is CCC(CC)N(C)C(=O)c1ccc(NN)cc1. The fourth-order valence-electron chi connectivity index (χ4n) is 1.91. The first-order chi connectivity index (χ1) is 8.13. The third-order valence-electron chi connectivity index (χ3n) is 3.11. The number of hydrazine groups is 1. The molecule has 0 radical (unpaired) electrons. The van der Waals surface area contributed by atoms with E-state index in [1.54, 1.807) is 24.3 Å². The van der Waals surface area contributed by atoms with Crippen LogP contribution in [0.2, 0.25) is 0 Å². The van der Waals surface area contributed by atoms with E-state index in [-0.39, 0.29) is 5.91 Å². The summed E-state index contributed by atoms with van der Waals surface area (Å²) >= 11 is 0. The molecular formula is C13H21N3O. The molecule has 4 heteroatoms. The maximum Gasteiger partial charge on any atom is 0.253 e. The molecule has 0 heterocycles. The zero-order valence-electron chi connectivity index (χ0n) is 10.7. The second kappa shape index (κ2) is 6.25. The Hall–Kier alpha value is -1.55. The minimum atomic E-state index is 0.0577. The molecular weight excluding hydrogens is 214 g/mol. The van der Waals surface area contributed by atoms with Crippen LogP contribution in [0.5, 0.6) is 0 Å². The van der Waals surface area contributed by atoms with E-state index in [4.69, 9.17) is 5.84 Å². The monoisotopic (exact) mass is 235 g/mol. The predicted octanol–water partition coefficient (Wildman–Crippen LogP) is 2.23. The second-order valence-electron chi connectivity index (χ2n) is 4.11. The van der Waals surface area contributed by atoms with Crippen LogP contribution in [0.25, 0.3) is 0 Å². The van der Waals surface area contributed by atoms with Gasteiger partial charge in [-0.1, -0.05) is 13.8 Å². The van der Waals surface area contributed by atoms with Gasteiger partial charge in [-0.05, 0) is 37.1 Å². The number of amides is 1. The number of rotatable bonds is 5. The minimum absolute atomic E-state index is 0.0577. The zero-order chi connectivity index (χ0) is 12.8. The largest absolute Gasteiger partial charge is 0.339 e. The molecule has 17 heavy (non-hydrogen) atoms. The summed E-state index contributed by atoms with van der Waals surface area (Å²) in [5, 5.41) is 0. The van der Waals surface area contributed by atoms with Crippen molar-refractivity contribution in [3.63, 3.8) is 0 Å². The number of carbonyl (C=O) groups excluding carboxylic acids is 1. The Balaban J connectivity index is 2.80. The summed E-state index contributed by atoms with van der Waals surface area (Å²) in [6, 6.07) is 7.48. The van der Waals surface area contributed by atoms with E-state index in [1.807, 2.05) is 11.9 Å². The van der Waals surface area contributed by atoms with Crippen molar-refractivity contribution in [2.24, 2.45) is 5.84 Å². The fraction of sp³-hybridized carbons (Fsp3) is 0.462. The first-order valence-electron chi connectivity index (χ1n) is 5.97. The van der Waals surface area contributed by atoms with Crippen LogP contribution in [0.15, 0.2) is 24.3 Å². The van der Waals surface area contributed by atoms with Crippen molar-refractivity contribution in [2.75, 3.05) is 12.5 Å². The molecule has 0 saturated heterocycles. The molecule has 0 atom stereocenters. The highest BCUT2D eigenvalue weighted by molar-refractivity contribution is 5.94. The van der Waals surface area contributed by atoms with Gasteiger partial charge in [0.15, 0.2) is 0 Å². The zero-order valence-corrected chi connectivity index (χ0v) is 10.7. The minimum Gasteiger partial charge on any atom is -0.339 e. The first kappa shape index (κ1) is 13.5. The average molecular weight is 235 g/mol. The van der Waals surface area contributed by atoms with E-state index >= 15 is 0 Å². The van der Waals surface area contributed by atoms with Crippen LogP contribution in [-0.2, 0) is 0 Å². The summed E-state index contributed by atoms with van der Waals surface area (Å²) in [4.78, 5) is 14.0. The number of nitrogen functional groups attached to an aromatic ring is 1. The molecule has 0 aromatic heterocycles. The van der Waals surface area contributed by atoms with Gasteiger partial charge in [-0.25, -0.2) is 0 Å². The molecule has 0 saturated carbocycles. The first-order valence-corrected chi connectivity index (χ1v) is 5.97. The highest BCUT2D eigenvalue weighted by atomic mass is 16.2. The normalized spacial score (nSPS) is 10.4. The lowest BCUT2D eigenvalue weighted by molar-refractivity contribution is 0.0724. The standard InChI is InChI=1S/C13H21N3O/c1-4-12(5-2)16(3)13(17)10-6-8-11(15-14)9-7-10/h6-9,12,15H,4-5,14H2,1-3H3. The predicted molar refractivity (Wildman–Crippen MR) is 70.7 cm³/mol. The maximum atomic E-state index is 12.2. The van der Waals surface area contributed by atoms with Gasteiger partial charge in [0.2, 0.25) is 0 Å². The summed E-state index contributed by atoms with van der Waals surface area (Å²) in [5.74, 6) is 5.34. The van der Waals surface area contributed by atoms with Crippen LogP contribution in [-0.4, -0.2) is 23.9 Å². The Morgan fingerprint density at radius 1 is 1.29 bits per heavy atom. The summed E-state index contributed by atoms with van der Waals surface area (Å²) in [6.45, 7) is 4.19. The molecule has 4 nitrogen and oxygen atoms in total. The van der Waals surface area contributed by atoms with Gasteiger partial charge in [0.25, 0.3) is 5.91 Å². The molecule has 0 unspecified atom stereocenters. The second-order valence-corrected chi connectivity index (χ2v) is 4.11. The number of nitrogens with one attached hydrogen (secondary N) is 1. The lowest BCUT2D eigenvalue weighted by Gasteiger charge is -2.26. The van der Waals surface area contributed by atoms with Gasteiger partial charge >= 0.3 is 0 Å². The smallest absolute Gasteiger partial charge is 0.253 e. The van der Waals surface area contributed by atoms with Gasteiger partial charge in [0, 0.05) is 24.3 Å². The fourth-order valence-corrected chi connectivity index (χ4v) is 1.91. The van der Waals surface area contributed by atoms with Gasteiger partial charge in [-0.3, -0.25) is 10.6 Å². The molecule has 1 aromatic rings. The lowest BCUT2D eigenvalue weighted by Crippen LogP contribution is -2.36. The van der Waals surface area contributed by atoms with Crippen molar-refractivity contribution in [1.29, 1.82) is 0 Å². The van der Waals surface area contributed by atoms with Crippen LogP contribution < -0.4 is 11.3 Å². The number of nitrogens with zero attached hydrogens (tertiary/aromatic N) is 1. The Labute approximate surface area is 103 Å². The molecule has 1 rings (SSSR count). The van der Waals surface area contributed by atoms with Crippen molar-refractivity contribution >= 4 is 11.6 Å². The van der Waals surface area contributed by atoms with Crippen LogP contribution in [0, 0.1) is 0 Å². The Morgan fingerprint density at radius 3 is 2.24 bits per heavy atom. The summed E-state index contributed by atoms with van der Waals surface area (Å²) in [5.41, 5.74) is 4.03. The highest BCUT2D eigenvalue weighted by Crippen LogP contribution is 2.13. The van der Waals surface area contributed by atoms with E-state index in [1.165, 1.54) is 0 Å². The van der Waals surface area contributed by atoms with Crippen molar-refractivity contribution < 1.29 is 4.79 Å². The lowest BCUT2D eigenvalue weighted by atomic mass is 10.1. The van der Waals surface area contributed by atoms with Gasteiger partial charge in [0.05, 0.1) is 0 Å². The van der Waals surface area contributed by atoms with Crippen molar-refractivity contribution in [1.82, 2.24) is 4.90 Å². The van der Waals surface area contributed by atoms with Crippen LogP contribution in [0.3, 0.4) is 0 Å². The number of hydrogen-bond donors (Lipinski definition) is 2. The quantitative estimate of drug-likeness (QED) is 0.608. The Bertz CT molecular complexity index is 357. The molecule has 3 N–H and O–H groups in total. The van der Waals surface area contributed by atoms with Gasteiger partial charge in [-0.15, -0.1) is 0 Å². The Morgan fingerprint density at radius 2 is 1.82 bits per heavy atom. The molecule has 0 bridgehead atoms. The van der Waals surface area contributed by atoms with Gasteiger partial charge < -0.3 is 10.3 Å². The van der Waals surface area contributed by atoms with Crippen LogP contribution in [0.1, 0.15) is 37.0 Å². The third-order valence-corrected chi connectivity index (χ3v) is 3.11. The Kier molecular flexibility index (Phi) is 4.97. The number of anilines is 1. The number of hydrogen-bond acceptors (Lipinski definition) is 3. The van der Waals surface area contributed by atoms with Crippen molar-refractivity contribution in [2.45, 2.75) is 32.7 Å². The maximum absolute atomic E-state index is 12.2. The van der Waals surface area contributed by atoms with E-state index in [2.05, 4.69) is 19.3 Å². The summed E-state index contributed by atoms with van der Waals surface area (Å²) in [7, 11) is 1.86. The van der Waals surface area contributed by atoms with Gasteiger partial charge in [0.1, 0.15) is 0 Å². The summed E-state index contributed by atoms with van der Waals surface area (Å²) in [6.07, 6.45) is 1.95. The van der Waals surface area contributed by atoms with Gasteiger partial charge in [-0.2, -0.15) is 0 Å². The molecule has 94 valence electrons. The number of benzene rings is 1. The summed E-state index contributed by atoms with van der Waals surface area (Å²) < 4.78 is 0. The van der Waals surface area contributed by atoms with Crippen molar-refractivity contribution in [3.05, 3.63) is 29.8 Å². The molecule has 0 spiro atoms. The highest BCUT2D eigenvalue weighted by Gasteiger charge is 2.17. The molecule has 1 aromatic carbocycles. The molecule has 0 aliphatic heterocycles. The molecule has 0 aliphatic rings. The van der Waals surface area contributed by atoms with E-state index < -0.39 is 0 Å². The average Bonchev–Trinajstić information content (AvgIpc) is 2.39. The van der Waals surface area contributed by atoms with E-state index in [0.717, 1.165) is 18.5 Å². The molecule has 0 fully saturated rings. The van der Waals surface area contributed by atoms with Crippen LogP contribution >= 0.6 is 0 Å². The van der Waals surface area contributed by atoms with Crippen LogP contribution in [0.4, 0.5) is 5.69 Å². The van der Waals surface area contributed by atoms with E-state index in [9.17, 15) is 4.79 Å². The topological polar surface area (TPSA) is 58.4 Å². The number of nitrogens with two attached hydrogens (primary N) is 1. The molecule has 0 aliphatic carbocycles. The third kappa shape index (κ3) is 3.20. The molecule has 1 amide bonds. The number of carbonyl (C=O) groups is 1. The van der Waals surface area contributed by atoms with Crippen molar-refractivity contribution in [3.8, 4) is 0 Å². The van der Waals surface area contributed by atoms with E-state index in [0.29, 0.717) is 11.6 Å².